The molecule has 0 aromatic carbocycles. The van der Waals surface area contributed by atoms with Crippen LogP contribution in [-0.4, -0.2) is 17.8 Å². The molecule has 0 aromatic rings. The third kappa shape index (κ3) is 2.21. The molecule has 2 heteroatoms. The van der Waals surface area contributed by atoms with E-state index in [4.69, 9.17) is 0 Å². The maximum atomic E-state index is 3.87. The van der Waals surface area contributed by atoms with Crippen molar-refractivity contribution in [2.75, 3.05) is 0 Å². The Morgan fingerprint density at radius 1 is 1.60 bits per heavy atom. The predicted octanol–water partition coefficient (Wildman–Crippen LogP) is 2.24. The average molecular weight is 140 g/mol. The first-order valence-corrected chi connectivity index (χ1v) is 3.52. The minimum atomic E-state index is 0.397. The van der Waals surface area contributed by atoms with E-state index in [-0.39, 0.29) is 0 Å². The fraction of sp³-hybridized carbons (Fsp3) is 0.625. The van der Waals surface area contributed by atoms with Gasteiger partial charge >= 0.3 is 0 Å². The van der Waals surface area contributed by atoms with Crippen molar-refractivity contribution in [3.8, 4) is 0 Å². The molecule has 0 rings (SSSR count). The number of nitrogens with zero attached hydrogens (tertiary/aromatic N) is 2. The Labute approximate surface area is 63.2 Å². The molecule has 0 N–H and O–H groups in total. The Hall–Kier alpha value is -0.790. The van der Waals surface area contributed by atoms with Crippen LogP contribution in [0.4, 0.5) is 0 Å². The summed E-state index contributed by atoms with van der Waals surface area (Å²) < 4.78 is 0. The van der Waals surface area contributed by atoms with Gasteiger partial charge in [0.1, 0.15) is 0 Å². The fourth-order valence-corrected chi connectivity index (χ4v) is 0.814. The first-order valence-electron chi connectivity index (χ1n) is 3.52. The Bertz CT molecular complexity index is 136. The van der Waals surface area contributed by atoms with E-state index in [9.17, 15) is 0 Å². The zero-order valence-electron chi connectivity index (χ0n) is 7.26. The standard InChI is InChI=1S/C8H16N2/c1-6-8(4)10(9-5)7(2)3/h6-7H,5H2,1-4H3/b8-6-. The van der Waals surface area contributed by atoms with Gasteiger partial charge in [-0.25, -0.2) is 0 Å². The lowest BCUT2D eigenvalue weighted by molar-refractivity contribution is 0.301. The van der Waals surface area contributed by atoms with Crippen LogP contribution in [0.1, 0.15) is 27.7 Å². The van der Waals surface area contributed by atoms with Crippen LogP contribution in [0.3, 0.4) is 0 Å². The van der Waals surface area contributed by atoms with Crippen LogP contribution < -0.4 is 0 Å². The summed E-state index contributed by atoms with van der Waals surface area (Å²) >= 11 is 0. The van der Waals surface area contributed by atoms with Gasteiger partial charge in [0.05, 0.1) is 0 Å². The summed E-state index contributed by atoms with van der Waals surface area (Å²) in [6.07, 6.45) is 2.02. The maximum absolute atomic E-state index is 3.87. The largest absolute Gasteiger partial charge is 0.268 e. The second-order valence-electron chi connectivity index (χ2n) is 2.51. The van der Waals surface area contributed by atoms with Crippen molar-refractivity contribution in [1.29, 1.82) is 0 Å². The van der Waals surface area contributed by atoms with Crippen LogP contribution in [-0.2, 0) is 0 Å². The zero-order chi connectivity index (χ0) is 8.15. The molecule has 0 saturated heterocycles. The maximum Gasteiger partial charge on any atom is 0.0465 e. The van der Waals surface area contributed by atoms with E-state index in [1.165, 1.54) is 0 Å². The van der Waals surface area contributed by atoms with Gasteiger partial charge in [-0.3, -0.25) is 5.01 Å². The molecule has 0 atom stereocenters. The van der Waals surface area contributed by atoms with Crippen molar-refractivity contribution < 1.29 is 0 Å². The molecule has 0 aromatic heterocycles. The number of rotatable bonds is 3. The lowest BCUT2D eigenvalue weighted by atomic mass is 10.3. The second-order valence-corrected chi connectivity index (χ2v) is 2.51. The fourth-order valence-electron chi connectivity index (χ4n) is 0.814. The third-order valence-corrected chi connectivity index (χ3v) is 1.42. The van der Waals surface area contributed by atoms with Crippen LogP contribution in [0.5, 0.6) is 0 Å². The van der Waals surface area contributed by atoms with Gasteiger partial charge in [0.15, 0.2) is 0 Å². The number of hydrazone groups is 1. The minimum Gasteiger partial charge on any atom is -0.268 e. The lowest BCUT2D eigenvalue weighted by Crippen LogP contribution is -2.22. The average Bonchev–Trinajstić information content (AvgIpc) is 1.88. The molecule has 0 amide bonds. The van der Waals surface area contributed by atoms with Gasteiger partial charge in [0, 0.05) is 18.5 Å². The van der Waals surface area contributed by atoms with E-state index in [0.29, 0.717) is 6.04 Å². The van der Waals surface area contributed by atoms with Gasteiger partial charge in [-0.1, -0.05) is 6.08 Å². The minimum absolute atomic E-state index is 0.397. The highest BCUT2D eigenvalue weighted by Gasteiger charge is 2.04. The molecular formula is C8H16N2. The lowest BCUT2D eigenvalue weighted by Gasteiger charge is -2.22. The SMILES string of the molecule is C=NN(/C(C)=C\C)C(C)C. The molecule has 0 aliphatic rings. The number of allylic oxidation sites excluding steroid dienone is 2. The van der Waals surface area contributed by atoms with Crippen molar-refractivity contribution in [2.24, 2.45) is 5.10 Å². The van der Waals surface area contributed by atoms with Gasteiger partial charge in [-0.15, -0.1) is 0 Å². The van der Waals surface area contributed by atoms with Gasteiger partial charge < -0.3 is 0 Å². The molecule has 0 aliphatic carbocycles. The Morgan fingerprint density at radius 2 is 2.10 bits per heavy atom. The topological polar surface area (TPSA) is 15.6 Å². The molecule has 0 unspecified atom stereocenters. The zero-order valence-corrected chi connectivity index (χ0v) is 7.26. The van der Waals surface area contributed by atoms with Crippen LogP contribution in [0, 0.1) is 0 Å². The summed E-state index contributed by atoms with van der Waals surface area (Å²) in [5, 5.41) is 5.76. The Morgan fingerprint density at radius 3 is 2.20 bits per heavy atom. The van der Waals surface area contributed by atoms with E-state index in [0.717, 1.165) is 5.70 Å². The first-order chi connectivity index (χ1) is 4.63. The van der Waals surface area contributed by atoms with Crippen molar-refractivity contribution in [1.82, 2.24) is 5.01 Å². The quantitative estimate of drug-likeness (QED) is 0.433. The van der Waals surface area contributed by atoms with Crippen LogP contribution in [0.15, 0.2) is 16.9 Å². The van der Waals surface area contributed by atoms with E-state index in [1.807, 2.05) is 24.9 Å². The van der Waals surface area contributed by atoms with E-state index in [2.05, 4.69) is 25.7 Å². The van der Waals surface area contributed by atoms with Gasteiger partial charge in [0.2, 0.25) is 0 Å². The molecular weight excluding hydrogens is 124 g/mol. The highest BCUT2D eigenvalue weighted by molar-refractivity contribution is 5.23. The molecule has 0 fully saturated rings. The summed E-state index contributed by atoms with van der Waals surface area (Å²) in [5.41, 5.74) is 1.14. The molecule has 0 heterocycles. The predicted molar refractivity (Wildman–Crippen MR) is 46.0 cm³/mol. The van der Waals surface area contributed by atoms with Gasteiger partial charge in [0.25, 0.3) is 0 Å². The number of hydrogen-bond donors (Lipinski definition) is 0. The molecule has 0 spiro atoms. The number of hydrogen-bond acceptors (Lipinski definition) is 2. The van der Waals surface area contributed by atoms with Crippen LogP contribution in [0.25, 0.3) is 0 Å². The molecule has 0 bridgehead atoms. The van der Waals surface area contributed by atoms with E-state index >= 15 is 0 Å². The molecule has 0 aliphatic heterocycles. The van der Waals surface area contributed by atoms with Gasteiger partial charge in [-0.05, 0) is 27.7 Å². The molecule has 0 radical (unpaired) electrons. The molecule has 58 valence electrons. The molecule has 0 saturated carbocycles. The highest BCUT2D eigenvalue weighted by Crippen LogP contribution is 2.07. The smallest absolute Gasteiger partial charge is 0.0465 e. The van der Waals surface area contributed by atoms with Crippen LogP contribution >= 0.6 is 0 Å². The Kier molecular flexibility index (Phi) is 3.77. The van der Waals surface area contributed by atoms with Crippen LogP contribution in [0.2, 0.25) is 0 Å². The van der Waals surface area contributed by atoms with Crippen molar-refractivity contribution >= 4 is 6.72 Å². The summed E-state index contributed by atoms with van der Waals surface area (Å²) in [6, 6.07) is 0.397. The normalized spacial score (nSPS) is 11.9. The Balaban J connectivity index is 4.21. The van der Waals surface area contributed by atoms with Crippen molar-refractivity contribution in [3.63, 3.8) is 0 Å². The molecule has 10 heavy (non-hydrogen) atoms. The van der Waals surface area contributed by atoms with E-state index < -0.39 is 0 Å². The summed E-state index contributed by atoms with van der Waals surface area (Å²) in [7, 11) is 0. The highest BCUT2D eigenvalue weighted by atomic mass is 15.5. The second kappa shape index (κ2) is 4.09. The third-order valence-electron chi connectivity index (χ3n) is 1.42. The summed E-state index contributed by atoms with van der Waals surface area (Å²) in [5.74, 6) is 0. The summed E-state index contributed by atoms with van der Waals surface area (Å²) in [4.78, 5) is 0. The van der Waals surface area contributed by atoms with Crippen molar-refractivity contribution in [3.05, 3.63) is 11.8 Å². The van der Waals surface area contributed by atoms with Gasteiger partial charge in [-0.2, -0.15) is 5.10 Å². The molecule has 2 nitrogen and oxygen atoms in total. The summed E-state index contributed by atoms with van der Waals surface area (Å²) in [6.45, 7) is 11.7. The van der Waals surface area contributed by atoms with Crippen molar-refractivity contribution in [2.45, 2.75) is 33.7 Å². The first kappa shape index (κ1) is 9.21. The van der Waals surface area contributed by atoms with E-state index in [1.54, 1.807) is 0 Å². The monoisotopic (exact) mass is 140 g/mol.